The number of anilines is 1. The van der Waals surface area contributed by atoms with E-state index in [1.165, 1.54) is 4.57 Å². The molecule has 0 spiro atoms. The van der Waals surface area contributed by atoms with Gasteiger partial charge in [0.2, 0.25) is 5.91 Å². The number of nitrogens with one attached hydrogen (secondary N) is 1. The molecular formula is C20H21N3O2. The Morgan fingerprint density at radius 2 is 1.72 bits per heavy atom. The lowest BCUT2D eigenvalue weighted by atomic mass is 10.1. The van der Waals surface area contributed by atoms with Gasteiger partial charge in [-0.25, -0.2) is 4.98 Å². The molecule has 0 saturated heterocycles. The van der Waals surface area contributed by atoms with Crippen molar-refractivity contribution in [2.75, 3.05) is 5.32 Å². The highest BCUT2D eigenvalue weighted by Gasteiger charge is 2.13. The van der Waals surface area contributed by atoms with Crippen molar-refractivity contribution in [2.24, 2.45) is 0 Å². The Hall–Kier alpha value is -2.95. The number of aromatic nitrogens is 2. The molecule has 0 aliphatic rings. The highest BCUT2D eigenvalue weighted by molar-refractivity contribution is 5.93. The maximum absolute atomic E-state index is 12.6. The van der Waals surface area contributed by atoms with Gasteiger partial charge < -0.3 is 5.32 Å². The number of amides is 1. The summed E-state index contributed by atoms with van der Waals surface area (Å²) in [4.78, 5) is 29.4. The Bertz CT molecular complexity index is 1010. The largest absolute Gasteiger partial charge is 0.324 e. The van der Waals surface area contributed by atoms with Crippen LogP contribution in [0.25, 0.3) is 11.0 Å². The van der Waals surface area contributed by atoms with Crippen LogP contribution in [0.15, 0.2) is 41.2 Å². The van der Waals surface area contributed by atoms with Crippen LogP contribution in [-0.4, -0.2) is 15.5 Å². The van der Waals surface area contributed by atoms with Crippen LogP contribution in [0.3, 0.4) is 0 Å². The summed E-state index contributed by atoms with van der Waals surface area (Å²) in [5.74, 6) is -0.229. The fourth-order valence-corrected chi connectivity index (χ4v) is 3.18. The molecule has 3 rings (SSSR count). The molecule has 0 unspecified atom stereocenters. The predicted octanol–water partition coefficient (Wildman–Crippen LogP) is 3.27. The van der Waals surface area contributed by atoms with Crippen molar-refractivity contribution in [1.29, 1.82) is 0 Å². The van der Waals surface area contributed by atoms with E-state index >= 15 is 0 Å². The fourth-order valence-electron chi connectivity index (χ4n) is 3.18. The number of carbonyl (C=O) groups excluding carboxylic acids is 1. The first-order chi connectivity index (χ1) is 11.9. The molecule has 25 heavy (non-hydrogen) atoms. The smallest absolute Gasteiger partial charge is 0.272 e. The normalized spacial score (nSPS) is 10.9. The summed E-state index contributed by atoms with van der Waals surface area (Å²) in [7, 11) is 0. The van der Waals surface area contributed by atoms with Crippen LogP contribution in [0.4, 0.5) is 5.69 Å². The second-order valence-electron chi connectivity index (χ2n) is 6.40. The second kappa shape index (κ2) is 6.51. The molecule has 1 aromatic heterocycles. The van der Waals surface area contributed by atoms with Crippen LogP contribution in [0.2, 0.25) is 0 Å². The first-order valence-electron chi connectivity index (χ1n) is 8.20. The zero-order valence-corrected chi connectivity index (χ0v) is 14.9. The van der Waals surface area contributed by atoms with Crippen LogP contribution < -0.4 is 10.9 Å². The van der Waals surface area contributed by atoms with Gasteiger partial charge in [0.05, 0.1) is 11.0 Å². The molecule has 1 amide bonds. The topological polar surface area (TPSA) is 64.0 Å². The minimum absolute atomic E-state index is 0.0462. The van der Waals surface area contributed by atoms with E-state index in [9.17, 15) is 9.59 Å². The summed E-state index contributed by atoms with van der Waals surface area (Å²) in [5, 5.41) is 2.95. The first-order valence-corrected chi connectivity index (χ1v) is 8.20. The number of nitrogens with zero attached hydrogens (tertiary/aromatic N) is 2. The van der Waals surface area contributed by atoms with Gasteiger partial charge >= 0.3 is 0 Å². The molecule has 0 fully saturated rings. The summed E-state index contributed by atoms with van der Waals surface area (Å²) in [5.41, 5.74) is 5.47. The number of carbonyl (C=O) groups is 1. The average Bonchev–Trinajstić information content (AvgIpc) is 2.55. The van der Waals surface area contributed by atoms with Crippen molar-refractivity contribution >= 4 is 22.6 Å². The standard InChI is InChI=1S/C20H21N3O2/c1-12-9-13(2)19(14(3)10-12)22-18(24)11-23-17-8-6-5-7-16(17)21-15(4)20(23)25/h5-10H,11H2,1-4H3,(H,22,24). The highest BCUT2D eigenvalue weighted by Crippen LogP contribution is 2.22. The monoisotopic (exact) mass is 335 g/mol. The summed E-state index contributed by atoms with van der Waals surface area (Å²) >= 11 is 0. The number of benzene rings is 2. The van der Waals surface area contributed by atoms with Gasteiger partial charge in [-0.3, -0.25) is 14.2 Å². The number of hydrogen-bond acceptors (Lipinski definition) is 3. The predicted molar refractivity (Wildman–Crippen MR) is 100 cm³/mol. The van der Waals surface area contributed by atoms with Crippen LogP contribution in [0, 0.1) is 27.7 Å². The zero-order valence-electron chi connectivity index (χ0n) is 14.9. The van der Waals surface area contributed by atoms with Gasteiger partial charge in [-0.1, -0.05) is 29.8 Å². The third-order valence-corrected chi connectivity index (χ3v) is 4.26. The van der Waals surface area contributed by atoms with Crippen LogP contribution in [-0.2, 0) is 11.3 Å². The van der Waals surface area contributed by atoms with Gasteiger partial charge in [0.1, 0.15) is 12.2 Å². The molecule has 2 aromatic carbocycles. The van der Waals surface area contributed by atoms with E-state index in [1.807, 2.05) is 51.1 Å². The van der Waals surface area contributed by atoms with E-state index in [4.69, 9.17) is 0 Å². The van der Waals surface area contributed by atoms with Gasteiger partial charge in [-0.2, -0.15) is 0 Å². The minimum Gasteiger partial charge on any atom is -0.324 e. The molecular weight excluding hydrogens is 314 g/mol. The quantitative estimate of drug-likeness (QED) is 0.799. The summed E-state index contributed by atoms with van der Waals surface area (Å²) < 4.78 is 1.48. The lowest BCUT2D eigenvalue weighted by Crippen LogP contribution is -2.30. The lowest BCUT2D eigenvalue weighted by molar-refractivity contribution is -0.116. The molecule has 3 aromatic rings. The molecule has 1 heterocycles. The number of para-hydroxylation sites is 2. The Morgan fingerprint density at radius 3 is 2.40 bits per heavy atom. The highest BCUT2D eigenvalue weighted by atomic mass is 16.2. The van der Waals surface area contributed by atoms with Crippen molar-refractivity contribution in [3.63, 3.8) is 0 Å². The molecule has 128 valence electrons. The number of hydrogen-bond donors (Lipinski definition) is 1. The van der Waals surface area contributed by atoms with Crippen molar-refractivity contribution in [3.05, 3.63) is 69.1 Å². The van der Waals surface area contributed by atoms with E-state index in [-0.39, 0.29) is 18.0 Å². The Kier molecular flexibility index (Phi) is 4.40. The summed E-state index contributed by atoms with van der Waals surface area (Å²) in [6, 6.07) is 11.4. The van der Waals surface area contributed by atoms with Gasteiger partial charge in [-0.15, -0.1) is 0 Å². The van der Waals surface area contributed by atoms with Crippen molar-refractivity contribution in [2.45, 2.75) is 34.2 Å². The average molecular weight is 335 g/mol. The summed E-state index contributed by atoms with van der Waals surface area (Å²) in [6.45, 7) is 7.57. The zero-order chi connectivity index (χ0) is 18.1. The van der Waals surface area contributed by atoms with Crippen LogP contribution in [0.5, 0.6) is 0 Å². The molecule has 5 nitrogen and oxygen atoms in total. The maximum Gasteiger partial charge on any atom is 0.272 e. The van der Waals surface area contributed by atoms with Gasteiger partial charge in [-0.05, 0) is 51.0 Å². The Balaban J connectivity index is 1.96. The van der Waals surface area contributed by atoms with E-state index < -0.39 is 0 Å². The third kappa shape index (κ3) is 3.31. The van der Waals surface area contributed by atoms with Gasteiger partial charge in [0, 0.05) is 5.69 Å². The number of fused-ring (bicyclic) bond motifs is 1. The Labute approximate surface area is 146 Å². The maximum atomic E-state index is 12.6. The molecule has 0 saturated carbocycles. The number of aryl methyl sites for hydroxylation is 4. The van der Waals surface area contributed by atoms with E-state index in [0.29, 0.717) is 16.7 Å². The van der Waals surface area contributed by atoms with Crippen molar-refractivity contribution < 1.29 is 4.79 Å². The van der Waals surface area contributed by atoms with Crippen LogP contribution >= 0.6 is 0 Å². The van der Waals surface area contributed by atoms with Gasteiger partial charge in [0.15, 0.2) is 0 Å². The second-order valence-corrected chi connectivity index (χ2v) is 6.40. The molecule has 5 heteroatoms. The van der Waals surface area contributed by atoms with Crippen molar-refractivity contribution in [1.82, 2.24) is 9.55 Å². The fraction of sp³-hybridized carbons (Fsp3) is 0.250. The third-order valence-electron chi connectivity index (χ3n) is 4.26. The molecule has 0 aliphatic heterocycles. The first kappa shape index (κ1) is 16.9. The molecule has 0 bridgehead atoms. The van der Waals surface area contributed by atoms with Gasteiger partial charge in [0.25, 0.3) is 5.56 Å². The molecule has 1 N–H and O–H groups in total. The van der Waals surface area contributed by atoms with E-state index in [1.54, 1.807) is 13.0 Å². The van der Waals surface area contributed by atoms with E-state index in [2.05, 4.69) is 10.3 Å². The molecule has 0 radical (unpaired) electrons. The summed E-state index contributed by atoms with van der Waals surface area (Å²) in [6.07, 6.45) is 0. The van der Waals surface area contributed by atoms with Crippen molar-refractivity contribution in [3.8, 4) is 0 Å². The molecule has 0 aliphatic carbocycles. The van der Waals surface area contributed by atoms with E-state index in [0.717, 1.165) is 22.4 Å². The lowest BCUT2D eigenvalue weighted by Gasteiger charge is -2.15. The SMILES string of the molecule is Cc1cc(C)c(NC(=O)Cn2c(=O)c(C)nc3ccccc32)c(C)c1. The van der Waals surface area contributed by atoms with Crippen LogP contribution in [0.1, 0.15) is 22.4 Å². The number of rotatable bonds is 3. The Morgan fingerprint density at radius 1 is 1.08 bits per heavy atom. The minimum atomic E-state index is -0.244. The molecule has 0 atom stereocenters.